The fourth-order valence-electron chi connectivity index (χ4n) is 2.23. The van der Waals surface area contributed by atoms with Crippen LogP contribution in [-0.4, -0.2) is 59.3 Å². The van der Waals surface area contributed by atoms with Gasteiger partial charge < -0.3 is 20.3 Å². The van der Waals surface area contributed by atoms with Crippen molar-refractivity contribution in [2.45, 2.75) is 32.2 Å². The highest BCUT2D eigenvalue weighted by Crippen LogP contribution is 2.27. The largest absolute Gasteiger partial charge is 0.433 e. The van der Waals surface area contributed by atoms with Crippen LogP contribution in [0.2, 0.25) is 0 Å². The van der Waals surface area contributed by atoms with Crippen molar-refractivity contribution >= 4 is 12.0 Å². The number of carbonyl (C=O) groups is 1. The smallest absolute Gasteiger partial charge is 0.375 e. The monoisotopic (exact) mass is 347 g/mol. The molecule has 1 saturated heterocycles. The second-order valence-electron chi connectivity index (χ2n) is 5.57. The maximum atomic E-state index is 12.5. The average Bonchev–Trinajstić information content (AvgIpc) is 2.53. The first kappa shape index (κ1) is 18.2. The van der Waals surface area contributed by atoms with E-state index in [9.17, 15) is 18.0 Å². The zero-order chi connectivity index (χ0) is 17.7. The number of hydrogen-bond donors (Lipinski definition) is 2. The molecular weight excluding hydrogens is 327 g/mol. The molecular formula is C14H20F3N5O2. The number of nitrogens with zero attached hydrogens (tertiary/aromatic N) is 3. The predicted octanol–water partition coefficient (Wildman–Crippen LogP) is 1.73. The lowest BCUT2D eigenvalue weighted by molar-refractivity contribution is -0.141. The fourth-order valence-corrected chi connectivity index (χ4v) is 2.23. The van der Waals surface area contributed by atoms with E-state index >= 15 is 0 Å². The first-order chi connectivity index (χ1) is 11.3. The third-order valence-electron chi connectivity index (χ3n) is 3.50. The van der Waals surface area contributed by atoms with Crippen LogP contribution in [0.5, 0.6) is 0 Å². The van der Waals surface area contributed by atoms with E-state index in [1.807, 2.05) is 13.8 Å². The number of ether oxygens (including phenoxy) is 1. The van der Waals surface area contributed by atoms with Crippen molar-refractivity contribution in [1.82, 2.24) is 20.2 Å². The van der Waals surface area contributed by atoms with Crippen LogP contribution >= 0.6 is 0 Å². The Morgan fingerprint density at radius 2 is 2.17 bits per heavy atom. The summed E-state index contributed by atoms with van der Waals surface area (Å²) >= 11 is 0. The highest BCUT2D eigenvalue weighted by molar-refractivity contribution is 5.74. The van der Waals surface area contributed by atoms with Gasteiger partial charge in [-0.3, -0.25) is 0 Å². The number of nitrogens with one attached hydrogen (secondary N) is 2. The van der Waals surface area contributed by atoms with Crippen LogP contribution < -0.4 is 10.6 Å². The van der Waals surface area contributed by atoms with Gasteiger partial charge in [0.25, 0.3) is 0 Å². The lowest BCUT2D eigenvalue weighted by Crippen LogP contribution is -2.54. The third kappa shape index (κ3) is 4.95. The lowest BCUT2D eigenvalue weighted by Gasteiger charge is -2.36. The number of anilines is 1. The quantitative estimate of drug-likeness (QED) is 0.811. The maximum absolute atomic E-state index is 12.5. The van der Waals surface area contributed by atoms with Gasteiger partial charge in [-0.25, -0.2) is 14.8 Å². The molecule has 2 amide bonds. The van der Waals surface area contributed by atoms with E-state index in [1.54, 1.807) is 4.90 Å². The van der Waals surface area contributed by atoms with Crippen molar-refractivity contribution in [3.05, 3.63) is 18.0 Å². The van der Waals surface area contributed by atoms with Crippen molar-refractivity contribution in [2.75, 3.05) is 31.6 Å². The first-order valence-electron chi connectivity index (χ1n) is 7.57. The van der Waals surface area contributed by atoms with Gasteiger partial charge in [-0.2, -0.15) is 13.2 Å². The average molecular weight is 347 g/mol. The Balaban J connectivity index is 1.77. The molecule has 2 rings (SSSR count). The molecule has 10 heteroatoms. The Labute approximate surface area is 137 Å². The standard InChI is InChI=1S/C14H20F3N5O2/c1-9-8-24-10(2)7-22(9)13(23)20-6-5-19-12-18-4-3-11(21-12)14(15,16)17/h3-4,9-10H,5-8H2,1-2H3,(H,20,23)(H,18,19,21). The summed E-state index contributed by atoms with van der Waals surface area (Å²) in [6.45, 7) is 5.19. The molecule has 0 bridgehead atoms. The predicted molar refractivity (Wildman–Crippen MR) is 80.5 cm³/mol. The molecule has 0 aromatic carbocycles. The normalized spacial score (nSPS) is 21.5. The molecule has 1 aromatic rings. The Morgan fingerprint density at radius 3 is 2.88 bits per heavy atom. The SMILES string of the molecule is CC1CN(C(=O)NCCNc2nccc(C(F)(F)F)n2)C(C)CO1. The number of urea groups is 1. The maximum Gasteiger partial charge on any atom is 0.433 e. The van der Waals surface area contributed by atoms with Crippen molar-refractivity contribution in [3.8, 4) is 0 Å². The van der Waals surface area contributed by atoms with Gasteiger partial charge in [0.1, 0.15) is 5.69 Å². The zero-order valence-electron chi connectivity index (χ0n) is 13.4. The van der Waals surface area contributed by atoms with E-state index in [4.69, 9.17) is 4.74 Å². The Bertz CT molecular complexity index is 570. The van der Waals surface area contributed by atoms with Crippen LogP contribution in [0.1, 0.15) is 19.5 Å². The third-order valence-corrected chi connectivity index (χ3v) is 3.50. The molecule has 0 saturated carbocycles. The van der Waals surface area contributed by atoms with E-state index in [0.717, 1.165) is 12.3 Å². The number of rotatable bonds is 4. The minimum atomic E-state index is -4.52. The summed E-state index contributed by atoms with van der Waals surface area (Å²) in [5.74, 6) is -0.132. The summed E-state index contributed by atoms with van der Waals surface area (Å²) < 4.78 is 43.1. The van der Waals surface area contributed by atoms with E-state index < -0.39 is 11.9 Å². The molecule has 1 aliphatic rings. The number of carbonyl (C=O) groups excluding carboxylic acids is 1. The number of amides is 2. The van der Waals surface area contributed by atoms with Gasteiger partial charge in [-0.05, 0) is 19.9 Å². The van der Waals surface area contributed by atoms with Crippen molar-refractivity contribution in [1.29, 1.82) is 0 Å². The lowest BCUT2D eigenvalue weighted by atomic mass is 10.2. The van der Waals surface area contributed by atoms with E-state index in [-0.39, 0.29) is 37.2 Å². The summed E-state index contributed by atoms with van der Waals surface area (Å²) in [6, 6.07) is 0.541. The Hall–Kier alpha value is -2.10. The van der Waals surface area contributed by atoms with E-state index in [0.29, 0.717) is 13.2 Å². The molecule has 1 aliphatic heterocycles. The van der Waals surface area contributed by atoms with Gasteiger partial charge in [0, 0.05) is 25.8 Å². The van der Waals surface area contributed by atoms with Crippen LogP contribution in [0.15, 0.2) is 12.3 Å². The molecule has 1 fully saturated rings. The molecule has 1 aromatic heterocycles. The summed E-state index contributed by atoms with van der Waals surface area (Å²) in [5.41, 5.74) is -1.01. The number of halogens is 3. The molecule has 2 heterocycles. The minimum absolute atomic E-state index is 0.0245. The molecule has 0 radical (unpaired) electrons. The molecule has 24 heavy (non-hydrogen) atoms. The number of morpholine rings is 1. The summed E-state index contributed by atoms with van der Waals surface area (Å²) in [5, 5.41) is 5.36. The van der Waals surface area contributed by atoms with Gasteiger partial charge in [0.05, 0.1) is 18.8 Å². The summed E-state index contributed by atoms with van der Waals surface area (Å²) in [6.07, 6.45) is -3.51. The van der Waals surface area contributed by atoms with Crippen LogP contribution in [0, 0.1) is 0 Å². The summed E-state index contributed by atoms with van der Waals surface area (Å²) in [4.78, 5) is 20.9. The highest BCUT2D eigenvalue weighted by Gasteiger charge is 2.32. The minimum Gasteiger partial charge on any atom is -0.375 e. The second kappa shape index (κ2) is 7.65. The summed E-state index contributed by atoms with van der Waals surface area (Å²) in [7, 11) is 0. The van der Waals surface area contributed by atoms with Crippen molar-refractivity contribution in [3.63, 3.8) is 0 Å². The number of aromatic nitrogens is 2. The van der Waals surface area contributed by atoms with Crippen LogP contribution in [0.4, 0.5) is 23.9 Å². The van der Waals surface area contributed by atoms with Gasteiger partial charge in [-0.1, -0.05) is 0 Å². The molecule has 7 nitrogen and oxygen atoms in total. The molecule has 2 atom stereocenters. The van der Waals surface area contributed by atoms with Gasteiger partial charge in [0.2, 0.25) is 5.95 Å². The van der Waals surface area contributed by atoms with Crippen LogP contribution in [0.3, 0.4) is 0 Å². The molecule has 2 unspecified atom stereocenters. The Morgan fingerprint density at radius 1 is 1.42 bits per heavy atom. The molecule has 0 spiro atoms. The molecule has 0 aliphatic carbocycles. The molecule has 134 valence electrons. The van der Waals surface area contributed by atoms with Gasteiger partial charge in [0.15, 0.2) is 0 Å². The molecule has 2 N–H and O–H groups in total. The topological polar surface area (TPSA) is 79.4 Å². The Kier molecular flexibility index (Phi) is 5.81. The zero-order valence-corrected chi connectivity index (χ0v) is 13.4. The van der Waals surface area contributed by atoms with E-state index in [2.05, 4.69) is 20.6 Å². The highest BCUT2D eigenvalue weighted by atomic mass is 19.4. The van der Waals surface area contributed by atoms with Crippen molar-refractivity contribution < 1.29 is 22.7 Å². The van der Waals surface area contributed by atoms with Gasteiger partial charge >= 0.3 is 12.2 Å². The fraction of sp³-hybridized carbons (Fsp3) is 0.643. The number of alkyl halides is 3. The van der Waals surface area contributed by atoms with Crippen molar-refractivity contribution in [2.24, 2.45) is 0 Å². The first-order valence-corrected chi connectivity index (χ1v) is 7.57. The number of hydrogen-bond acceptors (Lipinski definition) is 5. The van der Waals surface area contributed by atoms with Gasteiger partial charge in [-0.15, -0.1) is 0 Å². The van der Waals surface area contributed by atoms with Crippen LogP contribution in [0.25, 0.3) is 0 Å². The second-order valence-corrected chi connectivity index (χ2v) is 5.57. The van der Waals surface area contributed by atoms with Crippen LogP contribution in [-0.2, 0) is 10.9 Å². The van der Waals surface area contributed by atoms with E-state index in [1.165, 1.54) is 0 Å².